The number of nitrogens with one attached hydrogen (secondary N) is 1. The monoisotopic (exact) mass is 254 g/mol. The third-order valence-corrected chi connectivity index (χ3v) is 4.52. The molecule has 2 unspecified atom stereocenters. The van der Waals surface area contributed by atoms with Crippen LogP contribution in [0.1, 0.15) is 5.69 Å². The molecular weight excluding hydrogens is 232 g/mol. The topological polar surface area (TPSA) is 33.1 Å². The minimum Gasteiger partial charge on any atom is -0.315 e. The molecule has 0 saturated carbocycles. The summed E-state index contributed by atoms with van der Waals surface area (Å²) in [5.41, 5.74) is 1.18. The molecular formula is C12H22N4S. The summed E-state index contributed by atoms with van der Waals surface area (Å²) in [7, 11) is 6.26. The fourth-order valence-corrected chi connectivity index (χ4v) is 3.67. The Hall–Kier alpha value is -0.520. The molecule has 96 valence electrons. The second kappa shape index (κ2) is 5.89. The van der Waals surface area contributed by atoms with Crippen LogP contribution >= 0.6 is 11.8 Å². The number of rotatable bonds is 4. The molecule has 1 aromatic rings. The first kappa shape index (κ1) is 12.9. The smallest absolute Gasteiger partial charge is 0.0640 e. The second-order valence-electron chi connectivity index (χ2n) is 4.70. The molecule has 4 nitrogen and oxygen atoms in total. The minimum absolute atomic E-state index is 0.489. The molecule has 0 spiro atoms. The van der Waals surface area contributed by atoms with E-state index in [1.54, 1.807) is 0 Å². The molecule has 1 fully saturated rings. The summed E-state index contributed by atoms with van der Waals surface area (Å²) in [6.07, 6.45) is 3.02. The van der Waals surface area contributed by atoms with Crippen LogP contribution in [0, 0.1) is 0 Å². The van der Waals surface area contributed by atoms with Crippen LogP contribution in [0.3, 0.4) is 0 Å². The first-order chi connectivity index (χ1) is 8.20. The average Bonchev–Trinajstić information content (AvgIpc) is 2.73. The molecule has 5 heteroatoms. The Labute approximate surface area is 108 Å². The van der Waals surface area contributed by atoms with Crippen molar-refractivity contribution in [2.24, 2.45) is 7.05 Å². The fourth-order valence-electron chi connectivity index (χ4n) is 2.36. The minimum atomic E-state index is 0.489. The van der Waals surface area contributed by atoms with Gasteiger partial charge in [0.1, 0.15) is 0 Å². The molecule has 0 aromatic carbocycles. The maximum atomic E-state index is 4.47. The third-order valence-electron chi connectivity index (χ3n) is 3.48. The van der Waals surface area contributed by atoms with E-state index >= 15 is 0 Å². The van der Waals surface area contributed by atoms with Crippen molar-refractivity contribution >= 4 is 11.8 Å². The molecule has 2 atom stereocenters. The van der Waals surface area contributed by atoms with Gasteiger partial charge in [0.05, 0.1) is 5.69 Å². The van der Waals surface area contributed by atoms with Gasteiger partial charge in [0.25, 0.3) is 0 Å². The van der Waals surface area contributed by atoms with Crippen LogP contribution in [-0.2, 0) is 13.5 Å². The number of hydrogen-bond donors (Lipinski definition) is 1. The molecule has 0 radical (unpaired) electrons. The van der Waals surface area contributed by atoms with E-state index in [2.05, 4.69) is 47.2 Å². The van der Waals surface area contributed by atoms with E-state index in [0.29, 0.717) is 12.1 Å². The van der Waals surface area contributed by atoms with E-state index in [9.17, 15) is 0 Å². The lowest BCUT2D eigenvalue weighted by Gasteiger charge is -2.37. The van der Waals surface area contributed by atoms with E-state index in [1.807, 2.05) is 17.9 Å². The van der Waals surface area contributed by atoms with Crippen LogP contribution in [0.2, 0.25) is 0 Å². The molecule has 1 aromatic heterocycles. The van der Waals surface area contributed by atoms with Gasteiger partial charge in [-0.1, -0.05) is 0 Å². The molecule has 1 saturated heterocycles. The van der Waals surface area contributed by atoms with Crippen molar-refractivity contribution in [1.29, 1.82) is 0 Å². The molecule has 0 aliphatic carbocycles. The largest absolute Gasteiger partial charge is 0.315 e. The van der Waals surface area contributed by atoms with Gasteiger partial charge in [-0.15, -0.1) is 0 Å². The number of aromatic nitrogens is 2. The predicted octanol–water partition coefficient (Wildman–Crippen LogP) is 0.598. The Morgan fingerprint density at radius 2 is 2.41 bits per heavy atom. The lowest BCUT2D eigenvalue weighted by Crippen LogP contribution is -2.52. The summed E-state index contributed by atoms with van der Waals surface area (Å²) in [4.78, 5) is 2.47. The maximum absolute atomic E-state index is 4.47. The highest BCUT2D eigenvalue weighted by Crippen LogP contribution is 2.19. The number of aryl methyl sites for hydroxylation is 1. The van der Waals surface area contributed by atoms with Gasteiger partial charge in [0.15, 0.2) is 0 Å². The van der Waals surface area contributed by atoms with Gasteiger partial charge in [0, 0.05) is 49.8 Å². The van der Waals surface area contributed by atoms with Crippen LogP contribution in [0.25, 0.3) is 0 Å². The number of thioether (sulfide) groups is 1. The number of nitrogens with zero attached hydrogens (tertiary/aromatic N) is 3. The third kappa shape index (κ3) is 3.24. The lowest BCUT2D eigenvalue weighted by molar-refractivity contribution is 0.218. The summed E-state index contributed by atoms with van der Waals surface area (Å²) >= 11 is 2.06. The van der Waals surface area contributed by atoms with Crippen LogP contribution < -0.4 is 5.32 Å². The Morgan fingerprint density at radius 1 is 1.59 bits per heavy atom. The Kier molecular flexibility index (Phi) is 4.48. The van der Waals surface area contributed by atoms with E-state index in [4.69, 9.17) is 0 Å². The normalized spacial score (nSPS) is 23.8. The molecule has 0 amide bonds. The van der Waals surface area contributed by atoms with Gasteiger partial charge in [-0.05, 0) is 20.2 Å². The van der Waals surface area contributed by atoms with E-state index < -0.39 is 0 Å². The Morgan fingerprint density at radius 3 is 3.00 bits per heavy atom. The summed E-state index contributed by atoms with van der Waals surface area (Å²) in [6, 6.07) is 3.21. The van der Waals surface area contributed by atoms with Crippen LogP contribution in [0.4, 0.5) is 0 Å². The molecule has 2 heterocycles. The molecule has 0 bridgehead atoms. The van der Waals surface area contributed by atoms with Crippen molar-refractivity contribution in [3.8, 4) is 0 Å². The first-order valence-corrected chi connectivity index (χ1v) is 7.30. The van der Waals surface area contributed by atoms with E-state index in [0.717, 1.165) is 6.42 Å². The van der Waals surface area contributed by atoms with Crippen molar-refractivity contribution in [1.82, 2.24) is 20.0 Å². The van der Waals surface area contributed by atoms with Crippen molar-refractivity contribution < 1.29 is 0 Å². The van der Waals surface area contributed by atoms with Gasteiger partial charge >= 0.3 is 0 Å². The van der Waals surface area contributed by atoms with Gasteiger partial charge < -0.3 is 10.2 Å². The van der Waals surface area contributed by atoms with Crippen molar-refractivity contribution in [3.05, 3.63) is 18.0 Å². The Bertz CT molecular complexity index is 352. The predicted molar refractivity (Wildman–Crippen MR) is 73.5 cm³/mol. The van der Waals surface area contributed by atoms with Crippen LogP contribution in [0.5, 0.6) is 0 Å². The van der Waals surface area contributed by atoms with Crippen molar-refractivity contribution in [2.75, 3.05) is 32.1 Å². The highest BCUT2D eigenvalue weighted by molar-refractivity contribution is 7.99. The average molecular weight is 254 g/mol. The fraction of sp³-hybridized carbons (Fsp3) is 0.750. The summed E-state index contributed by atoms with van der Waals surface area (Å²) < 4.78 is 1.88. The molecule has 17 heavy (non-hydrogen) atoms. The molecule has 1 N–H and O–H groups in total. The molecule has 1 aliphatic heterocycles. The zero-order chi connectivity index (χ0) is 12.3. The SMILES string of the molecule is CNC(Cc1ccn(C)n1)C1CSCCN1C. The maximum Gasteiger partial charge on any atom is 0.0640 e. The van der Waals surface area contributed by atoms with E-state index in [1.165, 1.54) is 23.7 Å². The van der Waals surface area contributed by atoms with E-state index in [-0.39, 0.29) is 0 Å². The summed E-state index contributed by atoms with van der Waals surface area (Å²) in [6.45, 7) is 1.19. The van der Waals surface area contributed by atoms with Gasteiger partial charge in [-0.3, -0.25) is 4.68 Å². The Balaban J connectivity index is 2.00. The highest BCUT2D eigenvalue weighted by Gasteiger charge is 2.27. The van der Waals surface area contributed by atoms with Crippen molar-refractivity contribution in [2.45, 2.75) is 18.5 Å². The standard InChI is InChI=1S/C12H22N4S/c1-13-11(8-10-4-5-16(3)14-10)12-9-17-7-6-15(12)2/h4-5,11-13H,6-9H2,1-3H3. The lowest BCUT2D eigenvalue weighted by atomic mass is 10.0. The van der Waals surface area contributed by atoms with Gasteiger partial charge in [-0.25, -0.2) is 0 Å². The quantitative estimate of drug-likeness (QED) is 0.853. The summed E-state index contributed by atoms with van der Waals surface area (Å²) in [5, 5.41) is 7.93. The highest BCUT2D eigenvalue weighted by atomic mass is 32.2. The second-order valence-corrected chi connectivity index (χ2v) is 5.85. The zero-order valence-corrected chi connectivity index (χ0v) is 11.7. The number of hydrogen-bond acceptors (Lipinski definition) is 4. The molecule has 1 aliphatic rings. The number of likely N-dealkylation sites (N-methyl/N-ethyl adjacent to an activating group) is 2. The van der Waals surface area contributed by atoms with Gasteiger partial charge in [-0.2, -0.15) is 16.9 Å². The van der Waals surface area contributed by atoms with Crippen LogP contribution in [-0.4, -0.2) is 58.9 Å². The molecule has 2 rings (SSSR count). The first-order valence-electron chi connectivity index (χ1n) is 6.14. The van der Waals surface area contributed by atoms with Crippen LogP contribution in [0.15, 0.2) is 12.3 Å². The zero-order valence-electron chi connectivity index (χ0n) is 10.9. The van der Waals surface area contributed by atoms with Gasteiger partial charge in [0.2, 0.25) is 0 Å². The van der Waals surface area contributed by atoms with Crippen molar-refractivity contribution in [3.63, 3.8) is 0 Å². The summed E-state index contributed by atoms with van der Waals surface area (Å²) in [5.74, 6) is 2.47.